The zero-order valence-electron chi connectivity index (χ0n) is 42.8. The lowest BCUT2D eigenvalue weighted by Gasteiger charge is -2.37. The maximum atomic E-state index is 13.1. The highest BCUT2D eigenvalue weighted by molar-refractivity contribution is 7.15. The van der Waals surface area contributed by atoms with Crippen molar-refractivity contribution in [3.05, 3.63) is 152 Å². The van der Waals surface area contributed by atoms with Crippen molar-refractivity contribution in [2.75, 3.05) is 63.8 Å². The molecule has 4 aromatic carbocycles. The van der Waals surface area contributed by atoms with Crippen LogP contribution in [0.3, 0.4) is 0 Å². The molecule has 3 aliphatic rings. The van der Waals surface area contributed by atoms with Gasteiger partial charge in [0.05, 0.1) is 23.8 Å². The Labute approximate surface area is 437 Å². The number of aryl methyl sites for hydroxylation is 2. The molecule has 0 aliphatic carbocycles. The van der Waals surface area contributed by atoms with Gasteiger partial charge in [0.25, 0.3) is 5.91 Å². The highest BCUT2D eigenvalue weighted by Crippen LogP contribution is 2.40. The summed E-state index contributed by atoms with van der Waals surface area (Å²) in [6.45, 7) is 20.6. The molecule has 0 spiro atoms. The summed E-state index contributed by atoms with van der Waals surface area (Å²) >= 11 is 7.82. The lowest BCUT2D eigenvalue weighted by molar-refractivity contribution is -0.155. The molecule has 13 nitrogen and oxygen atoms in total. The summed E-state index contributed by atoms with van der Waals surface area (Å²) in [7, 11) is 0. The first kappa shape index (κ1) is 51.3. The molecular weight excluding hydrogens is 952 g/mol. The van der Waals surface area contributed by atoms with Gasteiger partial charge in [0.2, 0.25) is 0 Å². The number of para-hydroxylation sites is 2. The molecule has 3 aliphatic heterocycles. The molecule has 378 valence electrons. The number of anilines is 1. The van der Waals surface area contributed by atoms with Crippen molar-refractivity contribution >= 4 is 57.1 Å². The number of rotatable bonds is 13. The zero-order valence-corrected chi connectivity index (χ0v) is 44.4. The minimum absolute atomic E-state index is 0.0828. The number of nitrogens with one attached hydrogen (secondary N) is 2. The number of hydrogen-bond acceptors (Lipinski definition) is 11. The minimum atomic E-state index is -0.569. The van der Waals surface area contributed by atoms with Crippen LogP contribution in [-0.4, -0.2) is 112 Å². The van der Waals surface area contributed by atoms with Gasteiger partial charge < -0.3 is 24.8 Å². The Balaban J connectivity index is 0.000000188. The van der Waals surface area contributed by atoms with Crippen molar-refractivity contribution in [3.63, 3.8) is 0 Å². The standard InChI is InChI=1S/C35H40N6O.C23H25ClN4O2S/c36-25-27-22-29(24-30(23-27)35(42)37-13-7-16-39-14-5-6-15-39)32-9-2-4-11-34(32)41-20-18-40(19-21-41)17-12-28-26-38-33-10-3-1-8-31(28)33;1-12-13(2)31-22-19(12)20(15-7-9-16(24)10-8-15)25-17(11-18(29)30-23(4,5)6)21-27-26-14(3)28(21)22/h1-4,8-11,22-24,26,38H,5-7,12-21H2,(H,37,42);7-10,17H,11H2,1-6H3/t;17-/m.0/s1. The summed E-state index contributed by atoms with van der Waals surface area (Å²) in [5.41, 5.74) is 10.2. The van der Waals surface area contributed by atoms with Gasteiger partial charge in [-0.25, -0.2) is 0 Å². The van der Waals surface area contributed by atoms with Crippen LogP contribution in [0.4, 0.5) is 5.69 Å². The smallest absolute Gasteiger partial charge is 0.308 e. The summed E-state index contributed by atoms with van der Waals surface area (Å²) < 4.78 is 7.61. The molecule has 10 rings (SSSR count). The fraction of sp³-hybridized carbons (Fsp3) is 0.379. The monoisotopic (exact) mass is 1020 g/mol. The van der Waals surface area contributed by atoms with Gasteiger partial charge >= 0.3 is 5.97 Å². The van der Waals surface area contributed by atoms with Gasteiger partial charge in [-0.3, -0.25) is 24.0 Å². The van der Waals surface area contributed by atoms with Crippen molar-refractivity contribution < 1.29 is 14.3 Å². The summed E-state index contributed by atoms with van der Waals surface area (Å²) in [6, 6.07) is 31.8. The molecule has 7 aromatic rings. The second-order valence-electron chi connectivity index (χ2n) is 20.2. The van der Waals surface area contributed by atoms with E-state index in [1.807, 2.05) is 74.7 Å². The molecule has 0 unspecified atom stereocenters. The van der Waals surface area contributed by atoms with Crippen molar-refractivity contribution in [3.8, 4) is 22.2 Å². The number of benzene rings is 4. The van der Waals surface area contributed by atoms with Crippen molar-refractivity contribution in [1.29, 1.82) is 5.26 Å². The number of piperazine rings is 1. The molecule has 1 atom stereocenters. The van der Waals surface area contributed by atoms with E-state index in [1.165, 1.54) is 47.3 Å². The van der Waals surface area contributed by atoms with E-state index in [4.69, 9.17) is 21.3 Å². The quantitative estimate of drug-likeness (QED) is 0.0851. The first-order valence-electron chi connectivity index (χ1n) is 25.5. The van der Waals surface area contributed by atoms with E-state index < -0.39 is 11.6 Å². The Morgan fingerprint density at radius 2 is 1.60 bits per heavy atom. The largest absolute Gasteiger partial charge is 0.460 e. The number of hydrogen-bond donors (Lipinski definition) is 2. The molecule has 1 amide bonds. The lowest BCUT2D eigenvalue weighted by Crippen LogP contribution is -2.47. The van der Waals surface area contributed by atoms with Crippen LogP contribution in [0, 0.1) is 32.1 Å². The van der Waals surface area contributed by atoms with Crippen molar-refractivity contribution in [1.82, 2.24) is 34.9 Å². The van der Waals surface area contributed by atoms with E-state index in [0.717, 1.165) is 102 Å². The number of carbonyl (C=O) groups is 2. The fourth-order valence-corrected chi connectivity index (χ4v) is 11.4. The summed E-state index contributed by atoms with van der Waals surface area (Å²) in [6.07, 6.45) is 6.75. The van der Waals surface area contributed by atoms with E-state index in [1.54, 1.807) is 17.4 Å². The van der Waals surface area contributed by atoms with E-state index in [-0.39, 0.29) is 18.3 Å². The lowest BCUT2D eigenvalue weighted by atomic mass is 9.97. The Bertz CT molecular complexity index is 3160. The number of nitriles is 1. The molecule has 15 heteroatoms. The average molecular weight is 1020 g/mol. The molecule has 2 N–H and O–H groups in total. The molecule has 2 saturated heterocycles. The molecule has 0 radical (unpaired) electrons. The third-order valence-corrected chi connectivity index (χ3v) is 15.3. The molecule has 3 aromatic heterocycles. The van der Waals surface area contributed by atoms with Crippen LogP contribution in [-0.2, 0) is 16.0 Å². The van der Waals surface area contributed by atoms with E-state index >= 15 is 0 Å². The van der Waals surface area contributed by atoms with E-state index in [2.05, 4.69) is 104 Å². The number of aliphatic imine (C=N–C) groups is 1. The van der Waals surface area contributed by atoms with Crippen LogP contribution < -0.4 is 10.2 Å². The SMILES string of the molecule is Cc1sc2c(c1C)C(c1ccc(Cl)cc1)=N[C@@H](CC(=O)OC(C)(C)C)c1nnc(C)n1-2.N#Cc1cc(C(=O)NCCCN2CCCC2)cc(-c2ccccc2N2CCN(CCc3c[nH]c4ccccc34)CC2)c1. The highest BCUT2D eigenvalue weighted by Gasteiger charge is 2.33. The summed E-state index contributed by atoms with van der Waals surface area (Å²) in [5, 5.41) is 24.6. The zero-order chi connectivity index (χ0) is 51.2. The maximum absolute atomic E-state index is 13.1. The number of halogens is 1. The normalized spacial score (nSPS) is 15.9. The first-order valence-corrected chi connectivity index (χ1v) is 26.7. The van der Waals surface area contributed by atoms with Crippen LogP contribution in [0.2, 0.25) is 5.02 Å². The Hall–Kier alpha value is -6.63. The van der Waals surface area contributed by atoms with Crippen LogP contribution >= 0.6 is 22.9 Å². The Kier molecular flexibility index (Phi) is 15.9. The van der Waals surface area contributed by atoms with E-state index in [9.17, 15) is 14.9 Å². The van der Waals surface area contributed by atoms with Gasteiger partial charge in [-0.05, 0) is 146 Å². The van der Waals surface area contributed by atoms with Gasteiger partial charge in [-0.1, -0.05) is 60.1 Å². The molecular formula is C58H65ClN10O3S. The maximum Gasteiger partial charge on any atom is 0.308 e. The third kappa shape index (κ3) is 12.1. The second-order valence-corrected chi connectivity index (χ2v) is 21.9. The fourth-order valence-electron chi connectivity index (χ4n) is 10.1. The van der Waals surface area contributed by atoms with Crippen molar-refractivity contribution in [2.45, 2.75) is 85.3 Å². The first-order chi connectivity index (χ1) is 35.2. The molecule has 0 saturated carbocycles. The summed E-state index contributed by atoms with van der Waals surface area (Å²) in [4.78, 5) is 42.9. The van der Waals surface area contributed by atoms with Crippen LogP contribution in [0.25, 0.3) is 27.0 Å². The minimum Gasteiger partial charge on any atom is -0.460 e. The van der Waals surface area contributed by atoms with Crippen LogP contribution in [0.15, 0.2) is 102 Å². The van der Waals surface area contributed by atoms with Crippen LogP contribution in [0.5, 0.6) is 0 Å². The molecule has 0 bridgehead atoms. The number of nitrogens with zero attached hydrogens (tertiary/aromatic N) is 8. The number of ether oxygens (including phenoxy) is 1. The van der Waals surface area contributed by atoms with Crippen molar-refractivity contribution in [2.24, 2.45) is 4.99 Å². The number of amides is 1. The van der Waals surface area contributed by atoms with Gasteiger partial charge in [0.15, 0.2) is 5.82 Å². The molecule has 2 fully saturated rings. The van der Waals surface area contributed by atoms with Gasteiger partial charge in [0.1, 0.15) is 22.5 Å². The number of aromatic nitrogens is 4. The number of likely N-dealkylation sites (tertiary alicyclic amines) is 1. The molecule has 73 heavy (non-hydrogen) atoms. The molecule has 6 heterocycles. The topological polar surface area (TPSA) is 148 Å². The van der Waals surface area contributed by atoms with Crippen LogP contribution in [0.1, 0.15) is 107 Å². The Morgan fingerprint density at radius 3 is 2.36 bits per heavy atom. The number of thiophene rings is 1. The van der Waals surface area contributed by atoms with Gasteiger partial charge in [-0.15, -0.1) is 21.5 Å². The average Bonchev–Trinajstić information content (AvgIpc) is 4.19. The number of esters is 1. The highest BCUT2D eigenvalue weighted by atomic mass is 35.5. The second kappa shape index (κ2) is 22.6. The number of fused-ring (bicyclic) bond motifs is 4. The number of aromatic amines is 1. The summed E-state index contributed by atoms with van der Waals surface area (Å²) in [5.74, 6) is 0.979. The third-order valence-electron chi connectivity index (χ3n) is 13.9. The number of H-pyrrole nitrogens is 1. The van der Waals surface area contributed by atoms with E-state index in [0.29, 0.717) is 28.5 Å². The van der Waals surface area contributed by atoms with Gasteiger partial charge in [0, 0.05) is 94.2 Å². The predicted molar refractivity (Wildman–Crippen MR) is 294 cm³/mol. The van der Waals surface area contributed by atoms with Gasteiger partial charge in [-0.2, -0.15) is 5.26 Å². The number of carbonyl (C=O) groups excluding carboxylic acids is 2. The Morgan fingerprint density at radius 1 is 0.877 bits per heavy atom. The predicted octanol–water partition coefficient (Wildman–Crippen LogP) is 10.8.